The van der Waals surface area contributed by atoms with E-state index in [1.54, 1.807) is 30.5 Å². The van der Waals surface area contributed by atoms with E-state index in [2.05, 4.69) is 27.4 Å². The number of likely N-dealkylation sites (tertiary alicyclic amines) is 1. The molecule has 7 heteroatoms. The summed E-state index contributed by atoms with van der Waals surface area (Å²) in [7, 11) is 0. The summed E-state index contributed by atoms with van der Waals surface area (Å²) in [5.74, 6) is 0.669. The number of anilines is 2. The van der Waals surface area contributed by atoms with Crippen molar-refractivity contribution < 1.29 is 4.79 Å². The number of hydrogen-bond acceptors (Lipinski definition) is 5. The molecule has 2 aromatic carbocycles. The van der Waals surface area contributed by atoms with E-state index in [9.17, 15) is 4.79 Å². The van der Waals surface area contributed by atoms with Gasteiger partial charge in [-0.25, -0.2) is 9.97 Å². The first kappa shape index (κ1) is 19.1. The molecule has 5 rings (SSSR count). The summed E-state index contributed by atoms with van der Waals surface area (Å²) < 4.78 is 0. The van der Waals surface area contributed by atoms with Crippen molar-refractivity contribution in [2.24, 2.45) is 0 Å². The zero-order valence-electron chi connectivity index (χ0n) is 17.1. The standard InChI is InChI=1S/C24H24N6O/c25-17-7-5-16(6-8-17)23(31)30-13-10-18(11-14-30)28-24-26-12-9-22(29-24)20-15-27-21-4-2-1-3-19(20)21/h1-9,12,15,18,27H,10-11,13-14,25H2,(H,26,28,29). The number of rotatable bonds is 4. The molecule has 0 spiro atoms. The average molecular weight is 412 g/mol. The minimum absolute atomic E-state index is 0.0519. The van der Waals surface area contributed by atoms with E-state index >= 15 is 0 Å². The van der Waals surface area contributed by atoms with E-state index in [-0.39, 0.29) is 11.9 Å². The molecule has 0 aliphatic carbocycles. The second kappa shape index (κ2) is 8.10. The molecule has 4 aromatic rings. The number of nitrogen functional groups attached to an aromatic ring is 1. The fraction of sp³-hybridized carbons (Fsp3) is 0.208. The lowest BCUT2D eigenvalue weighted by molar-refractivity contribution is 0.0718. The summed E-state index contributed by atoms with van der Waals surface area (Å²) in [6.45, 7) is 1.39. The van der Waals surface area contributed by atoms with Gasteiger partial charge in [-0.05, 0) is 49.2 Å². The van der Waals surface area contributed by atoms with E-state index in [1.807, 2.05) is 29.3 Å². The summed E-state index contributed by atoms with van der Waals surface area (Å²) in [6, 6.07) is 17.4. The highest BCUT2D eigenvalue weighted by Gasteiger charge is 2.24. The lowest BCUT2D eigenvalue weighted by atomic mass is 10.0. The molecular weight excluding hydrogens is 388 g/mol. The van der Waals surface area contributed by atoms with Gasteiger partial charge < -0.3 is 20.9 Å². The van der Waals surface area contributed by atoms with Crippen LogP contribution in [0.4, 0.5) is 11.6 Å². The molecule has 1 aliphatic rings. The third-order valence-corrected chi connectivity index (χ3v) is 5.79. The summed E-state index contributed by atoms with van der Waals surface area (Å²) >= 11 is 0. The lowest BCUT2D eigenvalue weighted by Crippen LogP contribution is -2.42. The molecule has 1 amide bonds. The van der Waals surface area contributed by atoms with Gasteiger partial charge in [0.25, 0.3) is 5.91 Å². The largest absolute Gasteiger partial charge is 0.399 e. The van der Waals surface area contributed by atoms with Crippen LogP contribution >= 0.6 is 0 Å². The molecule has 31 heavy (non-hydrogen) atoms. The highest BCUT2D eigenvalue weighted by Crippen LogP contribution is 2.27. The number of aromatic nitrogens is 3. The molecule has 0 unspecified atom stereocenters. The molecule has 156 valence electrons. The number of carbonyl (C=O) groups is 1. The topological polar surface area (TPSA) is 99.9 Å². The molecule has 1 saturated heterocycles. The third kappa shape index (κ3) is 3.94. The van der Waals surface area contributed by atoms with Gasteiger partial charge >= 0.3 is 0 Å². The van der Waals surface area contributed by atoms with Crippen LogP contribution in [0.1, 0.15) is 23.2 Å². The van der Waals surface area contributed by atoms with Gasteiger partial charge in [-0.2, -0.15) is 0 Å². The Bertz CT molecular complexity index is 1210. The Hall–Kier alpha value is -3.87. The summed E-state index contributed by atoms with van der Waals surface area (Å²) in [5.41, 5.74) is 10.1. The van der Waals surface area contributed by atoms with E-state index in [0.29, 0.717) is 30.3 Å². The minimum Gasteiger partial charge on any atom is -0.399 e. The number of nitrogens with two attached hydrogens (primary N) is 1. The molecule has 2 aromatic heterocycles. The third-order valence-electron chi connectivity index (χ3n) is 5.79. The Balaban J connectivity index is 1.24. The highest BCUT2D eigenvalue weighted by atomic mass is 16.2. The molecule has 1 fully saturated rings. The van der Waals surface area contributed by atoms with Gasteiger partial charge in [-0.3, -0.25) is 4.79 Å². The van der Waals surface area contributed by atoms with Crippen molar-refractivity contribution in [3.05, 3.63) is 72.6 Å². The Morgan fingerprint density at radius 3 is 2.65 bits per heavy atom. The van der Waals surface area contributed by atoms with E-state index < -0.39 is 0 Å². The van der Waals surface area contributed by atoms with Crippen molar-refractivity contribution >= 4 is 28.4 Å². The number of aromatic amines is 1. The van der Waals surface area contributed by atoms with Gasteiger partial charge in [0.2, 0.25) is 5.95 Å². The van der Waals surface area contributed by atoms with E-state index in [1.165, 1.54) is 0 Å². The Morgan fingerprint density at radius 1 is 1.06 bits per heavy atom. The number of para-hydroxylation sites is 1. The molecular formula is C24H24N6O. The molecule has 0 saturated carbocycles. The maximum absolute atomic E-state index is 12.7. The minimum atomic E-state index is 0.0519. The summed E-state index contributed by atoms with van der Waals surface area (Å²) in [4.78, 5) is 27.0. The zero-order chi connectivity index (χ0) is 21.2. The zero-order valence-corrected chi connectivity index (χ0v) is 17.1. The molecule has 0 atom stereocenters. The fourth-order valence-electron chi connectivity index (χ4n) is 4.08. The maximum atomic E-state index is 12.7. The predicted molar refractivity (Wildman–Crippen MR) is 123 cm³/mol. The van der Waals surface area contributed by atoms with Crippen LogP contribution in [0.25, 0.3) is 22.2 Å². The first-order valence-corrected chi connectivity index (χ1v) is 10.5. The number of piperidine rings is 1. The average Bonchev–Trinajstić information content (AvgIpc) is 3.24. The van der Waals surface area contributed by atoms with Crippen LogP contribution in [0.3, 0.4) is 0 Å². The number of hydrogen-bond donors (Lipinski definition) is 3. The fourth-order valence-corrected chi connectivity index (χ4v) is 4.08. The highest BCUT2D eigenvalue weighted by molar-refractivity contribution is 5.95. The van der Waals surface area contributed by atoms with E-state index in [4.69, 9.17) is 10.7 Å². The van der Waals surface area contributed by atoms with Crippen molar-refractivity contribution in [2.75, 3.05) is 24.1 Å². The molecule has 0 radical (unpaired) electrons. The van der Waals surface area contributed by atoms with Gasteiger partial charge in [0, 0.05) is 59.2 Å². The number of carbonyl (C=O) groups excluding carboxylic acids is 1. The monoisotopic (exact) mass is 412 g/mol. The van der Waals surface area contributed by atoms with Crippen molar-refractivity contribution in [1.29, 1.82) is 0 Å². The second-order valence-electron chi connectivity index (χ2n) is 7.85. The second-order valence-corrected chi connectivity index (χ2v) is 7.85. The number of H-pyrrole nitrogens is 1. The number of amides is 1. The van der Waals surface area contributed by atoms with Crippen molar-refractivity contribution in [3.63, 3.8) is 0 Å². The smallest absolute Gasteiger partial charge is 0.253 e. The van der Waals surface area contributed by atoms with Crippen LogP contribution < -0.4 is 11.1 Å². The molecule has 0 bridgehead atoms. The summed E-state index contributed by atoms with van der Waals surface area (Å²) in [6.07, 6.45) is 5.47. The van der Waals surface area contributed by atoms with Crippen LogP contribution in [0, 0.1) is 0 Å². The Morgan fingerprint density at radius 2 is 1.84 bits per heavy atom. The number of nitrogens with zero attached hydrogens (tertiary/aromatic N) is 3. The van der Waals surface area contributed by atoms with Crippen molar-refractivity contribution in [1.82, 2.24) is 19.9 Å². The Labute approximate surface area is 180 Å². The number of nitrogens with one attached hydrogen (secondary N) is 2. The quantitative estimate of drug-likeness (QED) is 0.441. The van der Waals surface area contributed by atoms with Gasteiger partial charge in [0.05, 0.1) is 5.69 Å². The van der Waals surface area contributed by atoms with Gasteiger partial charge in [-0.1, -0.05) is 18.2 Å². The number of fused-ring (bicyclic) bond motifs is 1. The summed E-state index contributed by atoms with van der Waals surface area (Å²) in [5, 5.41) is 4.59. The maximum Gasteiger partial charge on any atom is 0.253 e. The SMILES string of the molecule is Nc1ccc(C(=O)N2CCC(Nc3nccc(-c4c[nH]c5ccccc45)n3)CC2)cc1. The van der Waals surface area contributed by atoms with Crippen LogP contribution in [0.15, 0.2) is 67.0 Å². The van der Waals surface area contributed by atoms with Crippen LogP contribution in [0.5, 0.6) is 0 Å². The molecule has 7 nitrogen and oxygen atoms in total. The number of benzene rings is 2. The van der Waals surface area contributed by atoms with Crippen LogP contribution in [-0.4, -0.2) is 44.9 Å². The van der Waals surface area contributed by atoms with Crippen LogP contribution in [0.2, 0.25) is 0 Å². The van der Waals surface area contributed by atoms with Crippen molar-refractivity contribution in [3.8, 4) is 11.3 Å². The van der Waals surface area contributed by atoms with Gasteiger partial charge in [-0.15, -0.1) is 0 Å². The first-order chi connectivity index (χ1) is 15.2. The molecule has 3 heterocycles. The van der Waals surface area contributed by atoms with Gasteiger partial charge in [0.15, 0.2) is 0 Å². The Kier molecular flexibility index (Phi) is 5.00. The molecule has 1 aliphatic heterocycles. The lowest BCUT2D eigenvalue weighted by Gasteiger charge is -2.32. The molecule has 4 N–H and O–H groups in total. The first-order valence-electron chi connectivity index (χ1n) is 10.5. The van der Waals surface area contributed by atoms with E-state index in [0.717, 1.165) is 35.0 Å². The predicted octanol–water partition coefficient (Wildman–Crippen LogP) is 3.92. The normalized spacial score (nSPS) is 14.6. The van der Waals surface area contributed by atoms with Crippen molar-refractivity contribution in [2.45, 2.75) is 18.9 Å². The van der Waals surface area contributed by atoms with Crippen LogP contribution in [-0.2, 0) is 0 Å². The van der Waals surface area contributed by atoms with Gasteiger partial charge in [0.1, 0.15) is 0 Å².